The molecule has 0 fully saturated rings. The molecule has 0 bridgehead atoms. The van der Waals surface area contributed by atoms with E-state index in [9.17, 15) is 17.2 Å². The number of benzene rings is 1. The van der Waals surface area contributed by atoms with E-state index >= 15 is 0 Å². The van der Waals surface area contributed by atoms with Crippen LogP contribution in [-0.4, -0.2) is 33.6 Å². The smallest absolute Gasteiger partial charge is 0.154 e. The highest BCUT2D eigenvalue weighted by atomic mass is 32.2. The van der Waals surface area contributed by atoms with Gasteiger partial charge in [-0.1, -0.05) is 0 Å². The summed E-state index contributed by atoms with van der Waals surface area (Å²) in [5.74, 6) is -1.66. The number of sulfone groups is 1. The van der Waals surface area contributed by atoms with Gasteiger partial charge in [0.2, 0.25) is 0 Å². The van der Waals surface area contributed by atoms with E-state index in [4.69, 9.17) is 4.74 Å². The van der Waals surface area contributed by atoms with Gasteiger partial charge in [-0.25, -0.2) is 17.2 Å². The molecule has 0 spiro atoms. The predicted molar refractivity (Wildman–Crippen MR) is 73.6 cm³/mol. The lowest BCUT2D eigenvalue weighted by atomic mass is 9.94. The third kappa shape index (κ3) is 2.93. The van der Waals surface area contributed by atoms with Crippen LogP contribution in [0.25, 0.3) is 0 Å². The van der Waals surface area contributed by atoms with E-state index in [1.165, 1.54) is 28.0 Å². The maximum Gasteiger partial charge on any atom is 0.154 e. The fourth-order valence-electron chi connectivity index (χ4n) is 2.01. The normalized spacial score (nSPS) is 14.2. The monoisotopic (exact) mass is 307 g/mol. The summed E-state index contributed by atoms with van der Waals surface area (Å²) in [7, 11) is -0.784. The fraction of sp³-hybridized carbons (Fsp3) is 0.538. The number of methoxy groups -OCH3 is 1. The molecule has 1 aromatic rings. The van der Waals surface area contributed by atoms with Crippen molar-refractivity contribution in [1.82, 2.24) is 5.32 Å². The highest BCUT2D eigenvalue weighted by molar-refractivity contribution is 7.92. The van der Waals surface area contributed by atoms with E-state index in [0.29, 0.717) is 0 Å². The average Bonchev–Trinajstić information content (AvgIpc) is 2.31. The quantitative estimate of drug-likeness (QED) is 0.904. The highest BCUT2D eigenvalue weighted by Crippen LogP contribution is 2.36. The van der Waals surface area contributed by atoms with E-state index < -0.39 is 32.3 Å². The number of halogens is 2. The van der Waals surface area contributed by atoms with Crippen LogP contribution < -0.4 is 10.1 Å². The minimum atomic E-state index is -3.54. The lowest BCUT2D eigenvalue weighted by Gasteiger charge is -2.33. The fourth-order valence-corrected chi connectivity index (χ4v) is 2.67. The Morgan fingerprint density at radius 2 is 1.70 bits per heavy atom. The summed E-state index contributed by atoms with van der Waals surface area (Å²) in [5, 5.41) is 2.68. The van der Waals surface area contributed by atoms with Crippen molar-refractivity contribution in [3.8, 4) is 5.75 Å². The molecule has 7 heteroatoms. The van der Waals surface area contributed by atoms with Crippen LogP contribution >= 0.6 is 0 Å². The molecular weight excluding hydrogens is 288 g/mol. The van der Waals surface area contributed by atoms with Gasteiger partial charge in [0.1, 0.15) is 17.4 Å². The summed E-state index contributed by atoms with van der Waals surface area (Å²) in [6, 6.07) is 1.03. The van der Waals surface area contributed by atoms with E-state index in [1.54, 1.807) is 0 Å². The predicted octanol–water partition coefficient (Wildman–Crippen LogP) is 2.06. The lowest BCUT2D eigenvalue weighted by Crippen LogP contribution is -2.44. The molecular formula is C13H19F2NO3S. The van der Waals surface area contributed by atoms with Crippen molar-refractivity contribution in [3.63, 3.8) is 0 Å². The van der Waals surface area contributed by atoms with Crippen molar-refractivity contribution in [2.75, 3.05) is 20.4 Å². The van der Waals surface area contributed by atoms with Gasteiger partial charge in [-0.05, 0) is 20.9 Å². The van der Waals surface area contributed by atoms with Crippen molar-refractivity contribution in [2.24, 2.45) is 0 Å². The Morgan fingerprint density at radius 1 is 1.25 bits per heavy atom. The zero-order chi connectivity index (χ0) is 15.7. The minimum Gasteiger partial charge on any atom is -0.497 e. The van der Waals surface area contributed by atoms with Gasteiger partial charge in [0, 0.05) is 24.0 Å². The van der Waals surface area contributed by atoms with Crippen LogP contribution in [0.15, 0.2) is 12.1 Å². The van der Waals surface area contributed by atoms with Crippen LogP contribution in [0.5, 0.6) is 5.75 Å². The van der Waals surface area contributed by atoms with Crippen LogP contribution in [0.4, 0.5) is 8.78 Å². The molecule has 0 aromatic heterocycles. The number of nitrogens with one attached hydrogen (secondary N) is 1. The summed E-state index contributed by atoms with van der Waals surface area (Å²) in [6.07, 6.45) is 1.04. The summed E-state index contributed by atoms with van der Waals surface area (Å²) in [6.45, 7) is 2.85. The molecule has 0 heterocycles. The van der Waals surface area contributed by atoms with Crippen molar-refractivity contribution >= 4 is 9.84 Å². The van der Waals surface area contributed by atoms with Crippen LogP contribution in [0, 0.1) is 11.6 Å². The SMILES string of the molecule is CNC(c1c(F)cc(OC)cc1F)C(C)(C)S(C)(=O)=O. The number of ether oxygens (including phenoxy) is 1. The zero-order valence-corrected chi connectivity index (χ0v) is 12.9. The molecule has 1 aromatic carbocycles. The number of hydrogen-bond acceptors (Lipinski definition) is 4. The second-order valence-electron chi connectivity index (χ2n) is 5.10. The van der Waals surface area contributed by atoms with Gasteiger partial charge in [-0.15, -0.1) is 0 Å². The van der Waals surface area contributed by atoms with Gasteiger partial charge in [-0.2, -0.15) is 0 Å². The number of hydrogen-bond donors (Lipinski definition) is 1. The molecule has 1 atom stereocenters. The molecule has 0 aliphatic carbocycles. The first-order chi connectivity index (χ1) is 9.06. The molecule has 1 N–H and O–H groups in total. The zero-order valence-electron chi connectivity index (χ0n) is 12.1. The third-order valence-electron chi connectivity index (χ3n) is 3.52. The first-order valence-electron chi connectivity index (χ1n) is 5.96. The largest absolute Gasteiger partial charge is 0.497 e. The van der Waals surface area contributed by atoms with Gasteiger partial charge < -0.3 is 10.1 Å². The molecule has 0 radical (unpaired) electrons. The summed E-state index contributed by atoms with van der Waals surface area (Å²) >= 11 is 0. The van der Waals surface area contributed by atoms with E-state index in [-0.39, 0.29) is 11.3 Å². The second-order valence-corrected chi connectivity index (χ2v) is 7.70. The average molecular weight is 307 g/mol. The Bertz CT molecular complexity index is 577. The maximum atomic E-state index is 14.1. The van der Waals surface area contributed by atoms with Crippen LogP contribution in [0.1, 0.15) is 25.5 Å². The van der Waals surface area contributed by atoms with Crippen LogP contribution in [0.3, 0.4) is 0 Å². The molecule has 0 aliphatic rings. The minimum absolute atomic E-state index is 0.0377. The van der Waals surface area contributed by atoms with Gasteiger partial charge in [0.25, 0.3) is 0 Å². The first-order valence-corrected chi connectivity index (χ1v) is 7.85. The third-order valence-corrected chi connectivity index (χ3v) is 5.66. The molecule has 0 aliphatic heterocycles. The highest BCUT2D eigenvalue weighted by Gasteiger charge is 2.41. The van der Waals surface area contributed by atoms with Gasteiger partial charge in [0.15, 0.2) is 9.84 Å². The van der Waals surface area contributed by atoms with E-state index in [1.807, 2.05) is 0 Å². The molecule has 0 saturated heterocycles. The van der Waals surface area contributed by atoms with E-state index in [0.717, 1.165) is 18.4 Å². The first kappa shape index (κ1) is 16.8. The van der Waals surface area contributed by atoms with Gasteiger partial charge in [0.05, 0.1) is 17.9 Å². The number of rotatable bonds is 5. The summed E-state index contributed by atoms with van der Waals surface area (Å²) in [4.78, 5) is 0. The van der Waals surface area contributed by atoms with Crippen LogP contribution in [0.2, 0.25) is 0 Å². The molecule has 0 amide bonds. The summed E-state index contributed by atoms with van der Waals surface area (Å²) < 4.78 is 55.3. The van der Waals surface area contributed by atoms with Gasteiger partial charge >= 0.3 is 0 Å². The molecule has 1 rings (SSSR count). The molecule has 114 valence electrons. The Kier molecular flexibility index (Phi) is 4.76. The van der Waals surface area contributed by atoms with Crippen LogP contribution in [-0.2, 0) is 9.84 Å². The maximum absolute atomic E-state index is 14.1. The second kappa shape index (κ2) is 5.65. The Balaban J connectivity index is 3.49. The standard InChI is InChI=1S/C13H19F2NO3S/c1-13(2,20(5,17)18)12(16-3)11-9(14)6-8(19-4)7-10(11)15/h6-7,12,16H,1-5H3. The Morgan fingerprint density at radius 3 is 2.00 bits per heavy atom. The van der Waals surface area contributed by atoms with Gasteiger partial charge in [-0.3, -0.25) is 0 Å². The Hall–Kier alpha value is -1.21. The molecule has 0 saturated carbocycles. The molecule has 20 heavy (non-hydrogen) atoms. The molecule has 1 unspecified atom stereocenters. The van der Waals surface area contributed by atoms with Crippen molar-refractivity contribution < 1.29 is 21.9 Å². The van der Waals surface area contributed by atoms with Crippen molar-refractivity contribution in [3.05, 3.63) is 29.3 Å². The Labute approximate surface area is 118 Å². The lowest BCUT2D eigenvalue weighted by molar-refractivity contribution is 0.389. The summed E-state index contributed by atoms with van der Waals surface area (Å²) in [5.41, 5.74) is -0.316. The molecule has 4 nitrogen and oxygen atoms in total. The van der Waals surface area contributed by atoms with Crippen molar-refractivity contribution in [2.45, 2.75) is 24.6 Å². The van der Waals surface area contributed by atoms with Crippen molar-refractivity contribution in [1.29, 1.82) is 0 Å². The van der Waals surface area contributed by atoms with E-state index in [2.05, 4.69) is 5.32 Å². The topological polar surface area (TPSA) is 55.4 Å².